The minimum absolute atomic E-state index is 0.102. The van der Waals surface area contributed by atoms with E-state index < -0.39 is 11.9 Å². The summed E-state index contributed by atoms with van der Waals surface area (Å²) in [4.78, 5) is 23.4. The van der Waals surface area contributed by atoms with Crippen LogP contribution in [0.1, 0.15) is 32.3 Å². The lowest BCUT2D eigenvalue weighted by Gasteiger charge is -2.13. The Kier molecular flexibility index (Phi) is 7.34. The van der Waals surface area contributed by atoms with E-state index in [4.69, 9.17) is 10.00 Å². The van der Waals surface area contributed by atoms with E-state index in [0.29, 0.717) is 5.69 Å². The topological polar surface area (TPSA) is 91.2 Å². The van der Waals surface area contributed by atoms with Gasteiger partial charge in [-0.15, -0.1) is 0 Å². The van der Waals surface area contributed by atoms with Gasteiger partial charge in [-0.1, -0.05) is 32.0 Å². The van der Waals surface area contributed by atoms with Crippen LogP contribution in [0.2, 0.25) is 0 Å². The van der Waals surface area contributed by atoms with Crippen LogP contribution in [-0.2, 0) is 14.3 Å². The molecule has 6 heteroatoms. The number of benzene rings is 1. The number of carbonyl (C=O) groups is 2. The van der Waals surface area contributed by atoms with Crippen molar-refractivity contribution in [2.45, 2.75) is 26.7 Å². The summed E-state index contributed by atoms with van der Waals surface area (Å²) in [6.07, 6.45) is 1.21. The van der Waals surface area contributed by atoms with Crippen molar-refractivity contribution < 1.29 is 14.3 Å². The van der Waals surface area contributed by atoms with Crippen molar-refractivity contribution in [1.82, 2.24) is 5.32 Å². The highest BCUT2D eigenvalue weighted by molar-refractivity contribution is 6.06. The monoisotopic (exact) mass is 315 g/mol. The van der Waals surface area contributed by atoms with Crippen LogP contribution >= 0.6 is 0 Å². The number of nitrogens with zero attached hydrogens (tertiary/aromatic N) is 1. The number of nitriles is 1. The molecule has 2 N–H and O–H groups in total. The molecule has 0 aliphatic carbocycles. The van der Waals surface area contributed by atoms with E-state index in [1.165, 1.54) is 6.20 Å². The number of para-hydroxylation sites is 1. The van der Waals surface area contributed by atoms with Gasteiger partial charge in [0, 0.05) is 11.9 Å². The Hall–Kier alpha value is -2.81. The summed E-state index contributed by atoms with van der Waals surface area (Å²) in [5.74, 6) is -0.744. The largest absolute Gasteiger partial charge is 0.465 e. The number of rotatable bonds is 7. The molecule has 0 unspecified atom stereocenters. The third kappa shape index (κ3) is 5.83. The van der Waals surface area contributed by atoms with Crippen molar-refractivity contribution in [3.63, 3.8) is 0 Å². The van der Waals surface area contributed by atoms with E-state index in [1.54, 1.807) is 13.0 Å². The molecule has 0 spiro atoms. The maximum absolute atomic E-state index is 12.2. The molecule has 1 aromatic rings. The van der Waals surface area contributed by atoms with Gasteiger partial charge in [0.1, 0.15) is 18.2 Å². The number of amides is 1. The van der Waals surface area contributed by atoms with Crippen molar-refractivity contribution in [2.24, 2.45) is 0 Å². The number of anilines is 1. The zero-order valence-corrected chi connectivity index (χ0v) is 13.6. The van der Waals surface area contributed by atoms with Crippen LogP contribution in [0, 0.1) is 11.3 Å². The van der Waals surface area contributed by atoms with Crippen molar-refractivity contribution in [3.05, 3.63) is 41.6 Å². The van der Waals surface area contributed by atoms with E-state index >= 15 is 0 Å². The molecule has 0 aliphatic rings. The number of ether oxygens (including phenoxy) is 1. The maximum Gasteiger partial charge on any atom is 0.325 e. The number of esters is 1. The van der Waals surface area contributed by atoms with Gasteiger partial charge in [-0.25, -0.2) is 0 Å². The van der Waals surface area contributed by atoms with Crippen LogP contribution in [0.25, 0.3) is 0 Å². The zero-order chi connectivity index (χ0) is 17.2. The van der Waals surface area contributed by atoms with E-state index in [2.05, 4.69) is 10.6 Å². The predicted octanol–water partition coefficient (Wildman–Crippen LogP) is 2.31. The Labute approximate surface area is 136 Å². The van der Waals surface area contributed by atoms with Gasteiger partial charge in [-0.2, -0.15) is 5.26 Å². The Bertz CT molecular complexity index is 630. The number of nitrogens with one attached hydrogen (secondary N) is 2. The van der Waals surface area contributed by atoms with Gasteiger partial charge in [0.15, 0.2) is 0 Å². The summed E-state index contributed by atoms with van der Waals surface area (Å²) in [5, 5.41) is 14.4. The fourth-order valence-electron chi connectivity index (χ4n) is 1.90. The van der Waals surface area contributed by atoms with Crippen LogP contribution in [-0.4, -0.2) is 25.0 Å². The van der Waals surface area contributed by atoms with Gasteiger partial charge in [-0.3, -0.25) is 9.59 Å². The smallest absolute Gasteiger partial charge is 0.325 e. The normalized spacial score (nSPS) is 10.8. The molecule has 0 fully saturated rings. The molecule has 23 heavy (non-hydrogen) atoms. The van der Waals surface area contributed by atoms with Gasteiger partial charge in [0.2, 0.25) is 0 Å². The summed E-state index contributed by atoms with van der Waals surface area (Å²) in [7, 11) is 0. The average molecular weight is 315 g/mol. The van der Waals surface area contributed by atoms with Crippen LogP contribution in [0.4, 0.5) is 5.69 Å². The average Bonchev–Trinajstić information content (AvgIpc) is 2.52. The van der Waals surface area contributed by atoms with E-state index in [0.717, 1.165) is 5.56 Å². The second-order valence-corrected chi connectivity index (χ2v) is 5.05. The summed E-state index contributed by atoms with van der Waals surface area (Å²) in [5.41, 5.74) is 1.53. The summed E-state index contributed by atoms with van der Waals surface area (Å²) < 4.78 is 4.74. The van der Waals surface area contributed by atoms with Gasteiger partial charge >= 0.3 is 5.97 Å². The van der Waals surface area contributed by atoms with Gasteiger partial charge in [0.05, 0.1) is 6.61 Å². The first-order valence-electron chi connectivity index (χ1n) is 7.39. The summed E-state index contributed by atoms with van der Waals surface area (Å²) >= 11 is 0. The molecule has 0 atom stereocenters. The first-order valence-corrected chi connectivity index (χ1v) is 7.39. The molecule has 0 heterocycles. The van der Waals surface area contributed by atoms with Crippen molar-refractivity contribution >= 4 is 17.6 Å². The Balaban J connectivity index is 2.75. The maximum atomic E-state index is 12.2. The Morgan fingerprint density at radius 1 is 1.35 bits per heavy atom. The fraction of sp³-hybridized carbons (Fsp3) is 0.353. The molecular formula is C17H21N3O3. The number of carbonyl (C=O) groups excluding carboxylic acids is 2. The van der Waals surface area contributed by atoms with Crippen LogP contribution in [0.15, 0.2) is 36.0 Å². The van der Waals surface area contributed by atoms with Crippen LogP contribution in [0.5, 0.6) is 0 Å². The van der Waals surface area contributed by atoms with Gasteiger partial charge < -0.3 is 15.4 Å². The van der Waals surface area contributed by atoms with Crippen LogP contribution < -0.4 is 10.6 Å². The SMILES string of the molecule is CCOC(=O)CN/C=C(/C#N)C(=O)Nc1ccccc1C(C)C. The standard InChI is InChI=1S/C17H21N3O3/c1-4-23-16(21)11-19-10-13(9-18)17(22)20-15-8-6-5-7-14(15)12(2)3/h5-8,10,12,19H,4,11H2,1-3H3,(H,20,22)/b13-10-. The predicted molar refractivity (Wildman–Crippen MR) is 87.5 cm³/mol. The molecule has 1 amide bonds. The lowest BCUT2D eigenvalue weighted by atomic mass is 10.0. The van der Waals surface area contributed by atoms with Crippen molar-refractivity contribution in [1.29, 1.82) is 5.26 Å². The number of hydrogen-bond donors (Lipinski definition) is 2. The Morgan fingerprint density at radius 2 is 2.04 bits per heavy atom. The molecule has 0 radical (unpaired) electrons. The molecule has 6 nitrogen and oxygen atoms in total. The van der Waals surface area contributed by atoms with Gasteiger partial charge in [0.25, 0.3) is 5.91 Å². The summed E-state index contributed by atoms with van der Waals surface area (Å²) in [6, 6.07) is 9.23. The first kappa shape index (κ1) is 18.2. The zero-order valence-electron chi connectivity index (χ0n) is 13.6. The first-order chi connectivity index (χ1) is 11.0. The second-order valence-electron chi connectivity index (χ2n) is 5.05. The highest BCUT2D eigenvalue weighted by Crippen LogP contribution is 2.23. The second kappa shape index (κ2) is 9.26. The molecule has 0 aliphatic heterocycles. The lowest BCUT2D eigenvalue weighted by Crippen LogP contribution is -2.23. The minimum Gasteiger partial charge on any atom is -0.465 e. The third-order valence-corrected chi connectivity index (χ3v) is 2.99. The molecule has 0 aromatic heterocycles. The molecule has 0 saturated heterocycles. The molecule has 122 valence electrons. The van der Waals surface area contributed by atoms with Crippen molar-refractivity contribution in [3.8, 4) is 6.07 Å². The fourth-order valence-corrected chi connectivity index (χ4v) is 1.90. The lowest BCUT2D eigenvalue weighted by molar-refractivity contribution is -0.141. The van der Waals surface area contributed by atoms with E-state index in [1.807, 2.05) is 38.1 Å². The van der Waals surface area contributed by atoms with Crippen LogP contribution in [0.3, 0.4) is 0 Å². The molecular weight excluding hydrogens is 294 g/mol. The van der Waals surface area contributed by atoms with Gasteiger partial charge in [-0.05, 0) is 24.5 Å². The van der Waals surface area contributed by atoms with Crippen molar-refractivity contribution in [2.75, 3.05) is 18.5 Å². The Morgan fingerprint density at radius 3 is 2.65 bits per heavy atom. The number of hydrogen-bond acceptors (Lipinski definition) is 5. The molecule has 1 rings (SSSR count). The molecule has 0 bridgehead atoms. The molecule has 0 saturated carbocycles. The minimum atomic E-state index is -0.531. The van der Waals surface area contributed by atoms with E-state index in [9.17, 15) is 9.59 Å². The summed E-state index contributed by atoms with van der Waals surface area (Å²) in [6.45, 7) is 5.92. The molecule has 1 aromatic carbocycles. The van der Waals surface area contributed by atoms with E-state index in [-0.39, 0.29) is 24.6 Å². The third-order valence-electron chi connectivity index (χ3n) is 2.99. The quantitative estimate of drug-likeness (QED) is 0.458. The highest BCUT2D eigenvalue weighted by Gasteiger charge is 2.13. The highest BCUT2D eigenvalue weighted by atomic mass is 16.5.